The second-order valence-electron chi connectivity index (χ2n) is 7.54. The van der Waals surface area contributed by atoms with E-state index in [1.165, 1.54) is 5.56 Å². The van der Waals surface area contributed by atoms with Gasteiger partial charge >= 0.3 is 0 Å². The molecule has 4 heterocycles. The fraction of sp³-hybridized carbons (Fsp3) is 0.333. The Morgan fingerprint density at radius 1 is 0.963 bits per heavy atom. The first kappa shape index (κ1) is 16.3. The van der Waals surface area contributed by atoms with E-state index in [0.717, 1.165) is 50.4 Å². The molecule has 1 aromatic carbocycles. The Bertz CT molecular complexity index is 1020. The highest BCUT2D eigenvalue weighted by atomic mass is 16.1. The van der Waals surface area contributed by atoms with Crippen molar-refractivity contribution in [3.63, 3.8) is 0 Å². The van der Waals surface area contributed by atoms with Crippen molar-refractivity contribution in [2.24, 2.45) is 0 Å². The standard InChI is InChI=1S/C21H21N5O/c27-19-18(17-4-2-1-3-5-17)23-24-20-21(9-13-26(19)20)8-12-25(15-21)14-16-6-10-22-11-7-16/h1-7,10-11H,8-9,12-15H2/t21-/m1/s1. The first-order valence-electron chi connectivity index (χ1n) is 9.40. The van der Waals surface area contributed by atoms with Gasteiger partial charge in [-0.25, -0.2) is 0 Å². The lowest BCUT2D eigenvalue weighted by molar-refractivity contribution is 0.299. The number of pyridine rings is 1. The van der Waals surface area contributed by atoms with E-state index in [0.29, 0.717) is 5.69 Å². The van der Waals surface area contributed by atoms with Crippen molar-refractivity contribution in [3.8, 4) is 11.3 Å². The molecule has 1 saturated heterocycles. The summed E-state index contributed by atoms with van der Waals surface area (Å²) in [6.07, 6.45) is 5.66. The molecule has 0 bridgehead atoms. The Morgan fingerprint density at radius 3 is 2.56 bits per heavy atom. The molecule has 136 valence electrons. The van der Waals surface area contributed by atoms with E-state index in [1.807, 2.05) is 47.3 Å². The highest BCUT2D eigenvalue weighted by Crippen LogP contribution is 2.41. The SMILES string of the molecule is O=c1c(-c2ccccc2)nnc2n1CC[C@@]21CCN(Cc2ccncc2)C1. The van der Waals surface area contributed by atoms with Crippen LogP contribution >= 0.6 is 0 Å². The number of aromatic nitrogens is 4. The van der Waals surface area contributed by atoms with Crippen molar-refractivity contribution in [2.45, 2.75) is 31.3 Å². The van der Waals surface area contributed by atoms with Gasteiger partial charge in [0.15, 0.2) is 5.69 Å². The molecule has 3 aromatic rings. The number of likely N-dealkylation sites (tertiary alicyclic amines) is 1. The van der Waals surface area contributed by atoms with Crippen LogP contribution in [-0.4, -0.2) is 37.7 Å². The van der Waals surface area contributed by atoms with E-state index in [2.05, 4.69) is 32.2 Å². The molecule has 0 aliphatic carbocycles. The average Bonchev–Trinajstić information content (AvgIpc) is 3.29. The number of hydrogen-bond donors (Lipinski definition) is 0. The van der Waals surface area contributed by atoms with Crippen molar-refractivity contribution in [2.75, 3.05) is 13.1 Å². The molecule has 2 aliphatic heterocycles. The van der Waals surface area contributed by atoms with Gasteiger partial charge in [0.25, 0.3) is 5.56 Å². The first-order chi connectivity index (χ1) is 13.3. The van der Waals surface area contributed by atoms with Gasteiger partial charge in [0, 0.05) is 43.0 Å². The van der Waals surface area contributed by atoms with Gasteiger partial charge in [-0.05, 0) is 37.1 Å². The normalized spacial score (nSPS) is 21.6. The van der Waals surface area contributed by atoms with Gasteiger partial charge in [0.2, 0.25) is 0 Å². The molecule has 6 nitrogen and oxygen atoms in total. The Balaban J connectivity index is 1.44. The third-order valence-electron chi connectivity index (χ3n) is 5.87. The highest BCUT2D eigenvalue weighted by molar-refractivity contribution is 5.57. The quantitative estimate of drug-likeness (QED) is 0.718. The van der Waals surface area contributed by atoms with Crippen LogP contribution in [0.25, 0.3) is 11.3 Å². The van der Waals surface area contributed by atoms with Gasteiger partial charge in [0.1, 0.15) is 5.82 Å². The molecule has 0 amide bonds. The summed E-state index contributed by atoms with van der Waals surface area (Å²) in [4.78, 5) is 19.5. The minimum absolute atomic E-state index is 0.0179. The molecule has 2 aliphatic rings. The van der Waals surface area contributed by atoms with Gasteiger partial charge in [0.05, 0.1) is 0 Å². The van der Waals surface area contributed by atoms with Crippen LogP contribution < -0.4 is 5.56 Å². The lowest BCUT2D eigenvalue weighted by Gasteiger charge is -2.23. The number of rotatable bonds is 3. The fourth-order valence-corrected chi connectivity index (χ4v) is 4.46. The van der Waals surface area contributed by atoms with Gasteiger partial charge < -0.3 is 0 Å². The van der Waals surface area contributed by atoms with Crippen LogP contribution in [0.1, 0.15) is 24.2 Å². The predicted octanol–water partition coefficient (Wildman–Crippen LogP) is 2.25. The van der Waals surface area contributed by atoms with Gasteiger partial charge in [-0.3, -0.25) is 19.2 Å². The second-order valence-corrected chi connectivity index (χ2v) is 7.54. The zero-order valence-corrected chi connectivity index (χ0v) is 15.1. The van der Waals surface area contributed by atoms with Crippen LogP contribution in [-0.2, 0) is 18.5 Å². The maximum Gasteiger partial charge on any atom is 0.280 e. The molecule has 0 unspecified atom stereocenters. The molecule has 27 heavy (non-hydrogen) atoms. The lowest BCUT2D eigenvalue weighted by atomic mass is 9.85. The summed E-state index contributed by atoms with van der Waals surface area (Å²) in [5.41, 5.74) is 2.48. The Kier molecular flexibility index (Phi) is 3.86. The molecule has 2 aromatic heterocycles. The third-order valence-corrected chi connectivity index (χ3v) is 5.87. The number of hydrogen-bond acceptors (Lipinski definition) is 5. The summed E-state index contributed by atoms with van der Waals surface area (Å²) in [6.45, 7) is 3.57. The number of fused-ring (bicyclic) bond motifs is 2. The molecular formula is C21H21N5O. The van der Waals surface area contributed by atoms with E-state index in [4.69, 9.17) is 0 Å². The molecular weight excluding hydrogens is 338 g/mol. The van der Waals surface area contributed by atoms with Crippen LogP contribution in [0.15, 0.2) is 59.7 Å². The lowest BCUT2D eigenvalue weighted by Crippen LogP contribution is -2.33. The molecule has 0 radical (unpaired) electrons. The van der Waals surface area contributed by atoms with E-state index < -0.39 is 0 Å². The highest BCUT2D eigenvalue weighted by Gasteiger charge is 2.46. The molecule has 0 saturated carbocycles. The van der Waals surface area contributed by atoms with Crippen LogP contribution in [0, 0.1) is 0 Å². The molecule has 1 fully saturated rings. The predicted molar refractivity (Wildman–Crippen MR) is 102 cm³/mol. The van der Waals surface area contributed by atoms with Crippen molar-refractivity contribution in [1.82, 2.24) is 24.6 Å². The minimum atomic E-state index is -0.0472. The van der Waals surface area contributed by atoms with E-state index >= 15 is 0 Å². The second kappa shape index (κ2) is 6.39. The molecule has 6 heteroatoms. The summed E-state index contributed by atoms with van der Waals surface area (Å²) in [6, 6.07) is 13.7. The maximum atomic E-state index is 13.0. The van der Waals surface area contributed by atoms with Gasteiger partial charge in [-0.1, -0.05) is 30.3 Å². The average molecular weight is 359 g/mol. The van der Waals surface area contributed by atoms with Crippen LogP contribution in [0.5, 0.6) is 0 Å². The monoisotopic (exact) mass is 359 g/mol. The molecule has 5 rings (SSSR count). The Labute approximate surface area is 157 Å². The molecule has 1 atom stereocenters. The molecule has 1 spiro atoms. The van der Waals surface area contributed by atoms with Crippen molar-refractivity contribution in [1.29, 1.82) is 0 Å². The Hall–Kier alpha value is -2.86. The maximum absolute atomic E-state index is 13.0. The van der Waals surface area contributed by atoms with Crippen molar-refractivity contribution >= 4 is 0 Å². The zero-order valence-electron chi connectivity index (χ0n) is 15.1. The fourth-order valence-electron chi connectivity index (χ4n) is 4.46. The van der Waals surface area contributed by atoms with Crippen LogP contribution in [0.2, 0.25) is 0 Å². The zero-order chi connectivity index (χ0) is 18.3. The smallest absolute Gasteiger partial charge is 0.280 e. The molecule has 0 N–H and O–H groups in total. The summed E-state index contributed by atoms with van der Waals surface area (Å²) < 4.78 is 1.85. The van der Waals surface area contributed by atoms with Crippen molar-refractivity contribution in [3.05, 3.63) is 76.6 Å². The van der Waals surface area contributed by atoms with Crippen molar-refractivity contribution < 1.29 is 0 Å². The summed E-state index contributed by atoms with van der Waals surface area (Å²) in [5, 5.41) is 8.89. The Morgan fingerprint density at radius 2 is 1.74 bits per heavy atom. The summed E-state index contributed by atoms with van der Waals surface area (Å²) >= 11 is 0. The van der Waals surface area contributed by atoms with Crippen LogP contribution in [0.3, 0.4) is 0 Å². The first-order valence-corrected chi connectivity index (χ1v) is 9.40. The van der Waals surface area contributed by atoms with Gasteiger partial charge in [-0.2, -0.15) is 0 Å². The topological polar surface area (TPSA) is 63.9 Å². The summed E-state index contributed by atoms with van der Waals surface area (Å²) in [7, 11) is 0. The minimum Gasteiger partial charge on any atom is -0.298 e. The van der Waals surface area contributed by atoms with E-state index in [-0.39, 0.29) is 11.0 Å². The third kappa shape index (κ3) is 2.77. The van der Waals surface area contributed by atoms with E-state index in [1.54, 1.807) is 0 Å². The van der Waals surface area contributed by atoms with Gasteiger partial charge in [-0.15, -0.1) is 10.2 Å². The largest absolute Gasteiger partial charge is 0.298 e. The summed E-state index contributed by atoms with van der Waals surface area (Å²) in [5.74, 6) is 0.865. The van der Waals surface area contributed by atoms with Crippen LogP contribution in [0.4, 0.5) is 0 Å². The number of nitrogens with zero attached hydrogens (tertiary/aromatic N) is 5. The van der Waals surface area contributed by atoms with E-state index in [9.17, 15) is 4.79 Å². The number of benzene rings is 1.